The quantitative estimate of drug-likeness (QED) is 0.312. The van der Waals surface area contributed by atoms with E-state index >= 15 is 0 Å². The largest absolute Gasteiger partial charge is 0.394 e. The molecule has 7 fully saturated rings. The first kappa shape index (κ1) is 30.3. The van der Waals surface area contributed by atoms with Crippen molar-refractivity contribution in [2.24, 2.45) is 52.3 Å². The second-order valence-electron chi connectivity index (χ2n) is 16.0. The Morgan fingerprint density at radius 3 is 2.36 bits per heavy atom. The summed E-state index contributed by atoms with van der Waals surface area (Å²) in [5.41, 5.74) is 0.192. The molecule has 240 valence electrons. The Hall–Kier alpha value is -0.360. The molecule has 7 aliphatic rings. The molecule has 5 N–H and O–H groups in total. The monoisotopic (exact) mass is 594 g/mol. The summed E-state index contributed by atoms with van der Waals surface area (Å²) in [5.74, 6) is 1.69. The summed E-state index contributed by atoms with van der Waals surface area (Å²) >= 11 is 0. The fraction of sp³-hybridized carbons (Fsp3) is 1.00. The van der Waals surface area contributed by atoms with E-state index in [-0.39, 0.29) is 29.0 Å². The van der Waals surface area contributed by atoms with E-state index in [1.807, 2.05) is 0 Å². The van der Waals surface area contributed by atoms with Gasteiger partial charge in [-0.3, -0.25) is 0 Å². The second kappa shape index (κ2) is 10.6. The van der Waals surface area contributed by atoms with Crippen LogP contribution >= 0.6 is 0 Å². The first-order valence-corrected chi connectivity index (χ1v) is 16.9. The lowest BCUT2D eigenvalue weighted by atomic mass is 9.44. The van der Waals surface area contributed by atoms with Crippen LogP contribution in [0.5, 0.6) is 0 Å². The molecule has 7 rings (SSSR count). The molecule has 4 saturated carbocycles. The minimum Gasteiger partial charge on any atom is -0.394 e. The number of rotatable bonds is 3. The Morgan fingerprint density at radius 2 is 1.62 bits per heavy atom. The molecule has 1 spiro atoms. The van der Waals surface area contributed by atoms with Gasteiger partial charge >= 0.3 is 0 Å². The maximum atomic E-state index is 11.2. The van der Waals surface area contributed by atoms with Gasteiger partial charge in [0.25, 0.3) is 0 Å². The van der Waals surface area contributed by atoms with Crippen molar-refractivity contribution in [3.05, 3.63) is 0 Å². The molecule has 3 saturated heterocycles. The molecule has 0 radical (unpaired) electrons. The lowest BCUT2D eigenvalue weighted by Gasteiger charge is -2.63. The number of hydrogen-bond acceptors (Lipinski definition) is 9. The summed E-state index contributed by atoms with van der Waals surface area (Å²) in [4.78, 5) is 0. The Bertz CT molecular complexity index is 1010. The minimum absolute atomic E-state index is 0.0681. The van der Waals surface area contributed by atoms with Crippen LogP contribution in [0.15, 0.2) is 0 Å². The van der Waals surface area contributed by atoms with E-state index in [1.165, 1.54) is 12.8 Å². The molecule has 0 unspecified atom stereocenters. The Kier molecular flexibility index (Phi) is 7.64. The third kappa shape index (κ3) is 4.20. The van der Waals surface area contributed by atoms with Crippen LogP contribution in [0.2, 0.25) is 0 Å². The smallest absolute Gasteiger partial charge is 0.197 e. The van der Waals surface area contributed by atoms with Crippen molar-refractivity contribution in [2.45, 2.75) is 140 Å². The third-order valence-corrected chi connectivity index (χ3v) is 14.0. The normalized spacial score (nSPS) is 60.9. The van der Waals surface area contributed by atoms with Crippen molar-refractivity contribution >= 4 is 0 Å². The molecule has 0 amide bonds. The van der Waals surface area contributed by atoms with Gasteiger partial charge in [0.05, 0.1) is 25.4 Å². The van der Waals surface area contributed by atoms with E-state index in [9.17, 15) is 25.5 Å². The molecular formula is C33H54O9. The van der Waals surface area contributed by atoms with Crippen LogP contribution < -0.4 is 0 Å². The number of fused-ring (bicyclic) bond motifs is 7. The van der Waals surface area contributed by atoms with E-state index in [0.717, 1.165) is 38.5 Å². The predicted octanol–water partition coefficient (Wildman–Crippen LogP) is 2.59. The lowest BCUT2D eigenvalue weighted by Crippen LogP contribution is -2.62. The molecular weight excluding hydrogens is 540 g/mol. The molecule has 0 aromatic heterocycles. The number of ether oxygens (including phenoxy) is 4. The van der Waals surface area contributed by atoms with Crippen LogP contribution in [0.25, 0.3) is 0 Å². The van der Waals surface area contributed by atoms with E-state index in [1.54, 1.807) is 0 Å². The number of hydrogen-bond donors (Lipinski definition) is 5. The molecule has 9 nitrogen and oxygen atoms in total. The summed E-state index contributed by atoms with van der Waals surface area (Å²) in [5, 5.41) is 52.6. The highest BCUT2D eigenvalue weighted by Gasteiger charge is 2.71. The third-order valence-electron chi connectivity index (χ3n) is 14.0. The van der Waals surface area contributed by atoms with Crippen molar-refractivity contribution in [3.8, 4) is 0 Å². The molecule has 3 aliphatic heterocycles. The lowest BCUT2D eigenvalue weighted by molar-refractivity contribution is -0.328. The van der Waals surface area contributed by atoms with Crippen molar-refractivity contribution in [1.82, 2.24) is 0 Å². The highest BCUT2D eigenvalue weighted by molar-refractivity contribution is 5.17. The summed E-state index contributed by atoms with van der Waals surface area (Å²) in [6.07, 6.45) is 2.55. The summed E-state index contributed by atoms with van der Waals surface area (Å²) < 4.78 is 25.7. The zero-order valence-electron chi connectivity index (χ0n) is 25.8. The van der Waals surface area contributed by atoms with Crippen LogP contribution in [-0.2, 0) is 18.9 Å². The maximum absolute atomic E-state index is 11.2. The maximum Gasteiger partial charge on any atom is 0.197 e. The highest BCUT2D eigenvalue weighted by atomic mass is 16.7. The zero-order valence-corrected chi connectivity index (χ0v) is 25.8. The first-order chi connectivity index (χ1) is 19.9. The molecule has 42 heavy (non-hydrogen) atoms. The van der Waals surface area contributed by atoms with Crippen molar-refractivity contribution < 1.29 is 44.5 Å². The van der Waals surface area contributed by atoms with Gasteiger partial charge in [-0.2, -0.15) is 0 Å². The summed E-state index contributed by atoms with van der Waals surface area (Å²) in [6, 6.07) is 0. The highest BCUT2D eigenvalue weighted by Crippen LogP contribution is 2.71. The molecule has 9 heteroatoms. The first-order valence-electron chi connectivity index (χ1n) is 16.9. The van der Waals surface area contributed by atoms with Crippen LogP contribution in [0.1, 0.15) is 85.5 Å². The van der Waals surface area contributed by atoms with Crippen LogP contribution in [0.3, 0.4) is 0 Å². The van der Waals surface area contributed by atoms with Gasteiger partial charge in [0.2, 0.25) is 0 Å². The van der Waals surface area contributed by atoms with Gasteiger partial charge in [0.15, 0.2) is 12.1 Å². The standard InChI is InChI=1S/C33H54O9/c1-16-11-25(35)33(39-15-16)17(2)26-23(42-33)13-21-18-12-22(40-30-29(38)28(37)27(36)24(14-34)41-30)20-7-5-6-9-31(20,3)19(18)8-10-32(21,26)4/h16-30,34-38H,5-15H2,1-4H3/t16-,17+,18-,19+,20-,21+,22+,23+,24-,25+,26+,27-,28+,29-,30-,31-,32+,33+/m1/s1. The number of aliphatic hydroxyl groups excluding tert-OH is 5. The average Bonchev–Trinajstić information content (AvgIpc) is 3.41. The Labute approximate surface area is 250 Å². The number of aliphatic hydroxyl groups is 5. The van der Waals surface area contributed by atoms with Gasteiger partial charge in [0, 0.05) is 5.92 Å². The molecule has 3 heterocycles. The second-order valence-corrected chi connectivity index (χ2v) is 16.0. The van der Waals surface area contributed by atoms with Gasteiger partial charge in [-0.05, 0) is 91.3 Å². The zero-order chi connectivity index (χ0) is 29.8. The van der Waals surface area contributed by atoms with Crippen molar-refractivity contribution in [3.63, 3.8) is 0 Å². The Morgan fingerprint density at radius 1 is 0.833 bits per heavy atom. The summed E-state index contributed by atoms with van der Waals surface area (Å²) in [7, 11) is 0. The molecule has 0 bridgehead atoms. The van der Waals surface area contributed by atoms with E-state index < -0.39 is 49.2 Å². The molecule has 0 aromatic rings. The SMILES string of the molecule is C[C@H]1CO[C@@]2(O[C@H]3C[C@H]4[C@@H]5C[C@H](O[C@@H]6O[C@H](CO)[C@@H](O)[C@H](O)[C@H]6O)[C@H]6CCCC[C@]6(C)[C@H]5CC[C@]4(C)[C@H]3[C@@H]2C)[C@@H](O)C1. The van der Waals surface area contributed by atoms with Crippen molar-refractivity contribution in [2.75, 3.05) is 13.2 Å². The van der Waals surface area contributed by atoms with Gasteiger partial charge in [-0.1, -0.05) is 40.5 Å². The molecule has 4 aliphatic carbocycles. The Balaban J connectivity index is 1.16. The predicted molar refractivity (Wildman–Crippen MR) is 152 cm³/mol. The molecule has 18 atom stereocenters. The summed E-state index contributed by atoms with van der Waals surface area (Å²) in [6.45, 7) is 9.48. The van der Waals surface area contributed by atoms with E-state index in [0.29, 0.717) is 48.5 Å². The van der Waals surface area contributed by atoms with Crippen LogP contribution in [0, 0.1) is 52.3 Å². The van der Waals surface area contributed by atoms with Crippen molar-refractivity contribution in [1.29, 1.82) is 0 Å². The van der Waals surface area contributed by atoms with Gasteiger partial charge < -0.3 is 44.5 Å². The molecule has 0 aromatic carbocycles. The van der Waals surface area contributed by atoms with E-state index in [4.69, 9.17) is 18.9 Å². The van der Waals surface area contributed by atoms with Gasteiger partial charge in [-0.25, -0.2) is 0 Å². The topological polar surface area (TPSA) is 138 Å². The average molecular weight is 595 g/mol. The van der Waals surface area contributed by atoms with Gasteiger partial charge in [-0.15, -0.1) is 0 Å². The van der Waals surface area contributed by atoms with E-state index in [2.05, 4.69) is 27.7 Å². The fourth-order valence-electron chi connectivity index (χ4n) is 12.0. The minimum atomic E-state index is -1.44. The fourth-order valence-corrected chi connectivity index (χ4v) is 12.0. The van der Waals surface area contributed by atoms with Crippen LogP contribution in [-0.4, -0.2) is 93.6 Å². The van der Waals surface area contributed by atoms with Gasteiger partial charge in [0.1, 0.15) is 30.5 Å². The van der Waals surface area contributed by atoms with Crippen LogP contribution in [0.4, 0.5) is 0 Å².